The van der Waals surface area contributed by atoms with Crippen LogP contribution in [0.1, 0.15) is 49.5 Å². The molecular weight excluding hydrogens is 392 g/mol. The lowest BCUT2D eigenvalue weighted by atomic mass is 10.1. The van der Waals surface area contributed by atoms with Gasteiger partial charge < -0.3 is 14.8 Å². The molecule has 0 bridgehead atoms. The third-order valence-electron chi connectivity index (χ3n) is 5.74. The summed E-state index contributed by atoms with van der Waals surface area (Å²) < 4.78 is 16.0. The van der Waals surface area contributed by atoms with Crippen LogP contribution >= 0.6 is 0 Å². The van der Waals surface area contributed by atoms with Gasteiger partial charge in [0.25, 0.3) is 0 Å². The predicted octanol–water partition coefficient (Wildman–Crippen LogP) is 3.78. The Morgan fingerprint density at radius 2 is 2.13 bits per heavy atom. The van der Waals surface area contributed by atoms with Gasteiger partial charge >= 0.3 is 0 Å². The fourth-order valence-electron chi connectivity index (χ4n) is 4.36. The Bertz CT molecular complexity index is 1090. The zero-order chi connectivity index (χ0) is 22.1. The van der Waals surface area contributed by atoms with Gasteiger partial charge in [0, 0.05) is 25.6 Å². The molecule has 0 amide bonds. The Kier molecular flexibility index (Phi) is 6.11. The van der Waals surface area contributed by atoms with Gasteiger partial charge in [-0.15, -0.1) is 0 Å². The second-order valence-electron chi connectivity index (χ2n) is 8.22. The van der Waals surface area contributed by atoms with E-state index in [9.17, 15) is 0 Å². The second-order valence-corrected chi connectivity index (χ2v) is 8.22. The lowest BCUT2D eigenvalue weighted by Gasteiger charge is -2.23. The Hall–Kier alpha value is -2.71. The van der Waals surface area contributed by atoms with Gasteiger partial charge in [0.05, 0.1) is 33.9 Å². The zero-order valence-corrected chi connectivity index (χ0v) is 19.1. The van der Waals surface area contributed by atoms with E-state index in [1.165, 1.54) is 0 Å². The van der Waals surface area contributed by atoms with Gasteiger partial charge in [-0.3, -0.25) is 4.98 Å². The number of nitrogens with zero attached hydrogens (tertiary/aromatic N) is 5. The zero-order valence-electron chi connectivity index (χ0n) is 19.1. The van der Waals surface area contributed by atoms with Crippen molar-refractivity contribution >= 4 is 17.0 Å². The first-order valence-electron chi connectivity index (χ1n) is 10.9. The van der Waals surface area contributed by atoms with E-state index in [1.807, 2.05) is 39.5 Å². The maximum atomic E-state index is 6.24. The number of likely N-dealkylation sites (N-methyl/N-ethyl adjacent to an activating group) is 1. The van der Waals surface area contributed by atoms with E-state index in [2.05, 4.69) is 23.1 Å². The molecule has 0 spiro atoms. The molecule has 2 unspecified atom stereocenters. The SMILES string of the molecule is C=Cc1nn(C2CCCCO2)c2c(C)nc(-c3c(C)nn(C)c3OC(C)CNC)cc12. The fraction of sp³-hybridized carbons (Fsp3) is 0.522. The van der Waals surface area contributed by atoms with Crippen molar-refractivity contribution in [3.05, 3.63) is 29.7 Å². The van der Waals surface area contributed by atoms with Gasteiger partial charge in [0.2, 0.25) is 5.88 Å². The van der Waals surface area contributed by atoms with E-state index in [-0.39, 0.29) is 12.3 Å². The van der Waals surface area contributed by atoms with E-state index in [0.29, 0.717) is 0 Å². The number of pyridine rings is 1. The smallest absolute Gasteiger partial charge is 0.221 e. The summed E-state index contributed by atoms with van der Waals surface area (Å²) in [6.45, 7) is 11.5. The largest absolute Gasteiger partial charge is 0.473 e. The summed E-state index contributed by atoms with van der Waals surface area (Å²) in [5.41, 5.74) is 5.35. The summed E-state index contributed by atoms with van der Waals surface area (Å²) in [4.78, 5) is 4.96. The summed E-state index contributed by atoms with van der Waals surface area (Å²) in [6, 6.07) is 2.07. The molecule has 1 N–H and O–H groups in total. The first-order valence-corrected chi connectivity index (χ1v) is 10.9. The molecule has 4 heterocycles. The van der Waals surface area contributed by atoms with Crippen molar-refractivity contribution in [2.75, 3.05) is 20.2 Å². The Morgan fingerprint density at radius 1 is 1.32 bits per heavy atom. The van der Waals surface area contributed by atoms with Crippen molar-refractivity contribution in [3.8, 4) is 17.1 Å². The van der Waals surface area contributed by atoms with Crippen LogP contribution in [-0.4, -0.2) is 50.8 Å². The standard InChI is InChI=1S/C23H32N6O2/c1-7-18-17-12-19(21-15(3)26-28(6)23(21)31-14(2)13-24-5)25-16(4)22(17)29(27-18)20-10-8-9-11-30-20/h7,12,14,20,24H,1,8-11,13H2,2-6H3. The molecule has 4 rings (SSSR count). The first kappa shape index (κ1) is 21.5. The molecule has 3 aromatic heterocycles. The van der Waals surface area contributed by atoms with Crippen LogP contribution in [0.25, 0.3) is 28.2 Å². The third kappa shape index (κ3) is 3.97. The maximum Gasteiger partial charge on any atom is 0.221 e. The van der Waals surface area contributed by atoms with Crippen molar-refractivity contribution in [1.29, 1.82) is 0 Å². The molecule has 8 heteroatoms. The van der Waals surface area contributed by atoms with Crippen molar-refractivity contribution < 1.29 is 9.47 Å². The van der Waals surface area contributed by atoms with Crippen LogP contribution in [0, 0.1) is 13.8 Å². The van der Waals surface area contributed by atoms with Crippen LogP contribution in [0.4, 0.5) is 0 Å². The minimum absolute atomic E-state index is 0.00156. The molecule has 1 fully saturated rings. The molecular formula is C23H32N6O2. The molecule has 0 aliphatic carbocycles. The Morgan fingerprint density at radius 3 is 2.81 bits per heavy atom. The minimum Gasteiger partial charge on any atom is -0.473 e. The van der Waals surface area contributed by atoms with Gasteiger partial charge in [-0.1, -0.05) is 6.58 Å². The number of aryl methyl sites for hydroxylation is 3. The van der Waals surface area contributed by atoms with E-state index in [4.69, 9.17) is 19.6 Å². The summed E-state index contributed by atoms with van der Waals surface area (Å²) in [7, 11) is 3.82. The van der Waals surface area contributed by atoms with Crippen LogP contribution in [0.5, 0.6) is 5.88 Å². The summed E-state index contributed by atoms with van der Waals surface area (Å²) in [5, 5.41) is 13.6. The predicted molar refractivity (Wildman–Crippen MR) is 122 cm³/mol. The number of hydrogen-bond acceptors (Lipinski definition) is 6. The van der Waals surface area contributed by atoms with Crippen LogP contribution in [0.2, 0.25) is 0 Å². The second kappa shape index (κ2) is 8.80. The lowest BCUT2D eigenvalue weighted by Crippen LogP contribution is -2.27. The van der Waals surface area contributed by atoms with Crippen LogP contribution in [0.3, 0.4) is 0 Å². The van der Waals surface area contributed by atoms with Crippen molar-refractivity contribution in [1.82, 2.24) is 29.9 Å². The first-order chi connectivity index (χ1) is 14.9. The summed E-state index contributed by atoms with van der Waals surface area (Å²) >= 11 is 0. The molecule has 1 aliphatic heterocycles. The highest BCUT2D eigenvalue weighted by atomic mass is 16.5. The highest BCUT2D eigenvalue weighted by Gasteiger charge is 2.25. The fourth-order valence-corrected chi connectivity index (χ4v) is 4.36. The average Bonchev–Trinajstić information content (AvgIpc) is 3.26. The Balaban J connectivity index is 1.84. The minimum atomic E-state index is -0.0577. The number of aromatic nitrogens is 5. The van der Waals surface area contributed by atoms with Crippen LogP contribution in [-0.2, 0) is 11.8 Å². The number of hydrogen-bond donors (Lipinski definition) is 1. The molecule has 1 aliphatic rings. The van der Waals surface area contributed by atoms with E-state index < -0.39 is 0 Å². The monoisotopic (exact) mass is 424 g/mol. The van der Waals surface area contributed by atoms with Gasteiger partial charge in [0.1, 0.15) is 6.10 Å². The molecule has 0 saturated carbocycles. The molecule has 8 nitrogen and oxygen atoms in total. The van der Waals surface area contributed by atoms with Crippen molar-refractivity contribution in [2.24, 2.45) is 7.05 Å². The van der Waals surface area contributed by atoms with Gasteiger partial charge in [-0.05, 0) is 59.2 Å². The topological polar surface area (TPSA) is 79.0 Å². The van der Waals surface area contributed by atoms with E-state index >= 15 is 0 Å². The third-order valence-corrected chi connectivity index (χ3v) is 5.74. The molecule has 2 atom stereocenters. The molecule has 166 valence electrons. The van der Waals surface area contributed by atoms with E-state index in [1.54, 1.807) is 10.8 Å². The van der Waals surface area contributed by atoms with Crippen LogP contribution in [0.15, 0.2) is 12.6 Å². The van der Waals surface area contributed by atoms with Gasteiger partial charge in [-0.2, -0.15) is 10.2 Å². The number of rotatable bonds is 7. The maximum absolute atomic E-state index is 6.24. The molecule has 0 aromatic carbocycles. The summed E-state index contributed by atoms with van der Waals surface area (Å²) in [5.74, 6) is 0.717. The average molecular weight is 425 g/mol. The van der Waals surface area contributed by atoms with Gasteiger partial charge in [0.15, 0.2) is 6.23 Å². The molecule has 31 heavy (non-hydrogen) atoms. The highest BCUT2D eigenvalue weighted by Crippen LogP contribution is 2.37. The highest BCUT2D eigenvalue weighted by molar-refractivity contribution is 5.92. The molecule has 3 aromatic rings. The van der Waals surface area contributed by atoms with Crippen molar-refractivity contribution in [2.45, 2.75) is 52.4 Å². The van der Waals surface area contributed by atoms with E-state index in [0.717, 1.165) is 77.5 Å². The number of ether oxygens (including phenoxy) is 2. The van der Waals surface area contributed by atoms with Gasteiger partial charge in [-0.25, -0.2) is 9.36 Å². The molecule has 0 radical (unpaired) electrons. The Labute approximate surface area is 183 Å². The lowest BCUT2D eigenvalue weighted by molar-refractivity contribution is -0.0368. The molecule has 1 saturated heterocycles. The summed E-state index contributed by atoms with van der Waals surface area (Å²) in [6.07, 6.45) is 4.93. The van der Waals surface area contributed by atoms with Crippen molar-refractivity contribution in [3.63, 3.8) is 0 Å². The number of nitrogens with one attached hydrogen (secondary N) is 1. The van der Waals surface area contributed by atoms with Crippen LogP contribution < -0.4 is 10.1 Å². The normalized spacial score (nSPS) is 17.8. The number of fused-ring (bicyclic) bond motifs is 1. The quantitative estimate of drug-likeness (QED) is 0.622.